The molecule has 0 atom stereocenters. The predicted molar refractivity (Wildman–Crippen MR) is 55.1 cm³/mol. The molecule has 1 aromatic carbocycles. The number of carbonyl (C=O) groups is 1. The molecular weight excluding hydrogens is 209 g/mol. The zero-order valence-corrected chi connectivity index (χ0v) is 8.32. The van der Waals surface area contributed by atoms with Gasteiger partial charge >= 0.3 is 0 Å². The van der Waals surface area contributed by atoms with Crippen LogP contribution in [0.1, 0.15) is 6.42 Å². The van der Waals surface area contributed by atoms with Crippen molar-refractivity contribution in [3.8, 4) is 0 Å². The van der Waals surface area contributed by atoms with Crippen molar-refractivity contribution in [2.75, 3.05) is 5.32 Å². The summed E-state index contributed by atoms with van der Waals surface area (Å²) in [6, 6.07) is 4.90. The van der Waals surface area contributed by atoms with Crippen LogP contribution < -0.4 is 5.32 Å². The monoisotopic (exact) mass is 216 g/mol. The van der Waals surface area contributed by atoms with Crippen molar-refractivity contribution in [3.05, 3.63) is 35.2 Å². The van der Waals surface area contributed by atoms with Gasteiger partial charge in [-0.3, -0.25) is 4.79 Å². The first-order valence-electron chi connectivity index (χ1n) is 3.67. The van der Waals surface area contributed by atoms with Crippen LogP contribution >= 0.6 is 23.2 Å². The largest absolute Gasteiger partial charge is 0.326 e. The minimum Gasteiger partial charge on any atom is -0.326 e. The highest BCUT2D eigenvalue weighted by Crippen LogP contribution is 2.24. The van der Waals surface area contributed by atoms with E-state index < -0.39 is 0 Å². The van der Waals surface area contributed by atoms with Crippen LogP contribution in [-0.4, -0.2) is 5.91 Å². The van der Waals surface area contributed by atoms with E-state index >= 15 is 0 Å². The van der Waals surface area contributed by atoms with Crippen molar-refractivity contribution in [3.63, 3.8) is 0 Å². The van der Waals surface area contributed by atoms with Gasteiger partial charge in [0.15, 0.2) is 0 Å². The summed E-state index contributed by atoms with van der Waals surface area (Å²) >= 11 is 11.4. The molecule has 0 spiro atoms. The molecule has 0 aliphatic rings. The van der Waals surface area contributed by atoms with Crippen LogP contribution in [0.4, 0.5) is 5.69 Å². The summed E-state index contributed by atoms with van der Waals surface area (Å²) in [5.74, 6) is -0.154. The summed E-state index contributed by atoms with van der Waals surface area (Å²) in [6.07, 6.45) is 0.195. The SMILES string of the molecule is [CH2]CC(=O)Nc1ccc(Cl)c(Cl)c1. The van der Waals surface area contributed by atoms with Crippen LogP contribution in [0.2, 0.25) is 10.0 Å². The van der Waals surface area contributed by atoms with Crippen LogP contribution in [0.5, 0.6) is 0 Å². The molecule has 69 valence electrons. The molecule has 0 saturated heterocycles. The van der Waals surface area contributed by atoms with Gasteiger partial charge in [0.2, 0.25) is 5.91 Å². The second-order valence-corrected chi connectivity index (χ2v) is 3.24. The maximum atomic E-state index is 10.9. The average molecular weight is 217 g/mol. The molecule has 0 bridgehead atoms. The molecule has 0 heterocycles. The number of hydrogen-bond donors (Lipinski definition) is 1. The van der Waals surface area contributed by atoms with Gasteiger partial charge in [-0.1, -0.05) is 23.2 Å². The van der Waals surface area contributed by atoms with E-state index in [1.807, 2.05) is 0 Å². The lowest BCUT2D eigenvalue weighted by molar-refractivity contribution is -0.115. The Kier molecular flexibility index (Phi) is 3.58. The number of amides is 1. The molecule has 4 heteroatoms. The fourth-order valence-corrected chi connectivity index (χ4v) is 1.10. The summed E-state index contributed by atoms with van der Waals surface area (Å²) < 4.78 is 0. The lowest BCUT2D eigenvalue weighted by atomic mass is 10.3. The van der Waals surface area contributed by atoms with Crippen LogP contribution in [0, 0.1) is 6.92 Å². The molecule has 0 aromatic heterocycles. The minimum absolute atomic E-state index is 0.154. The molecule has 0 aliphatic heterocycles. The Balaban J connectivity index is 2.79. The number of carbonyl (C=O) groups excluding carboxylic acids is 1. The fraction of sp³-hybridized carbons (Fsp3) is 0.111. The van der Waals surface area contributed by atoms with Gasteiger partial charge < -0.3 is 5.32 Å². The number of halogens is 2. The molecule has 1 N–H and O–H groups in total. The van der Waals surface area contributed by atoms with Crippen molar-refractivity contribution in [2.24, 2.45) is 0 Å². The van der Waals surface area contributed by atoms with E-state index in [1.165, 1.54) is 0 Å². The molecule has 1 rings (SSSR count). The van der Waals surface area contributed by atoms with E-state index in [1.54, 1.807) is 18.2 Å². The highest BCUT2D eigenvalue weighted by Gasteiger charge is 2.01. The molecule has 0 unspecified atom stereocenters. The Hall–Kier alpha value is -0.730. The molecule has 1 radical (unpaired) electrons. The van der Waals surface area contributed by atoms with E-state index in [0.717, 1.165) is 0 Å². The Morgan fingerprint density at radius 2 is 2.08 bits per heavy atom. The van der Waals surface area contributed by atoms with Gasteiger partial charge in [-0.25, -0.2) is 0 Å². The smallest absolute Gasteiger partial charge is 0.224 e. The molecule has 2 nitrogen and oxygen atoms in total. The van der Waals surface area contributed by atoms with Gasteiger partial charge in [-0.15, -0.1) is 0 Å². The van der Waals surface area contributed by atoms with Gasteiger partial charge in [0.1, 0.15) is 0 Å². The Labute approximate surface area is 86.8 Å². The zero-order valence-electron chi connectivity index (χ0n) is 6.81. The fourth-order valence-electron chi connectivity index (χ4n) is 0.797. The standard InChI is InChI=1S/C9H8Cl2NO/c1-2-9(13)12-6-3-4-7(10)8(11)5-6/h3-5H,1-2H2,(H,12,13). The van der Waals surface area contributed by atoms with Crippen LogP contribution in [0.3, 0.4) is 0 Å². The highest BCUT2D eigenvalue weighted by atomic mass is 35.5. The summed E-state index contributed by atoms with van der Waals surface area (Å²) in [6.45, 7) is 3.45. The number of anilines is 1. The first-order valence-corrected chi connectivity index (χ1v) is 4.43. The summed E-state index contributed by atoms with van der Waals surface area (Å²) in [5, 5.41) is 3.50. The number of hydrogen-bond acceptors (Lipinski definition) is 1. The van der Waals surface area contributed by atoms with Crippen LogP contribution in [-0.2, 0) is 4.79 Å². The number of rotatable bonds is 2. The zero-order chi connectivity index (χ0) is 9.84. The maximum Gasteiger partial charge on any atom is 0.224 e. The van der Waals surface area contributed by atoms with Crippen molar-refractivity contribution in [2.45, 2.75) is 6.42 Å². The predicted octanol–water partition coefficient (Wildman–Crippen LogP) is 3.16. The molecule has 0 fully saturated rings. The van der Waals surface area contributed by atoms with E-state index in [9.17, 15) is 4.79 Å². The van der Waals surface area contributed by atoms with Crippen LogP contribution in [0.15, 0.2) is 18.2 Å². The van der Waals surface area contributed by atoms with Crippen molar-refractivity contribution in [1.82, 2.24) is 0 Å². The first kappa shape index (κ1) is 10.4. The Bertz CT molecular complexity index is 325. The molecule has 0 aliphatic carbocycles. The lowest BCUT2D eigenvalue weighted by Gasteiger charge is -2.03. The number of nitrogens with one attached hydrogen (secondary N) is 1. The molecular formula is C9H8Cl2NO. The van der Waals surface area contributed by atoms with Crippen LogP contribution in [0.25, 0.3) is 0 Å². The third kappa shape index (κ3) is 2.90. The van der Waals surface area contributed by atoms with Gasteiger partial charge in [-0.2, -0.15) is 0 Å². The summed E-state index contributed by atoms with van der Waals surface area (Å²) in [4.78, 5) is 10.9. The number of benzene rings is 1. The third-order valence-electron chi connectivity index (χ3n) is 1.43. The second-order valence-electron chi connectivity index (χ2n) is 2.43. The molecule has 13 heavy (non-hydrogen) atoms. The first-order chi connectivity index (χ1) is 6.13. The van der Waals surface area contributed by atoms with Gasteiger partial charge in [-0.05, 0) is 25.1 Å². The van der Waals surface area contributed by atoms with E-state index in [0.29, 0.717) is 15.7 Å². The van der Waals surface area contributed by atoms with Gasteiger partial charge in [0.05, 0.1) is 10.0 Å². The van der Waals surface area contributed by atoms with E-state index in [-0.39, 0.29) is 12.3 Å². The molecule has 0 saturated carbocycles. The Morgan fingerprint density at radius 3 is 2.62 bits per heavy atom. The van der Waals surface area contributed by atoms with Crippen molar-refractivity contribution >= 4 is 34.8 Å². The summed E-state index contributed by atoms with van der Waals surface area (Å²) in [5.41, 5.74) is 0.628. The third-order valence-corrected chi connectivity index (χ3v) is 2.17. The molecule has 1 aromatic rings. The molecule has 1 amide bonds. The quantitative estimate of drug-likeness (QED) is 0.809. The van der Waals surface area contributed by atoms with Crippen molar-refractivity contribution in [1.29, 1.82) is 0 Å². The maximum absolute atomic E-state index is 10.9. The summed E-state index contributed by atoms with van der Waals surface area (Å²) in [7, 11) is 0. The average Bonchev–Trinajstić information content (AvgIpc) is 2.11. The van der Waals surface area contributed by atoms with Gasteiger partial charge in [0.25, 0.3) is 0 Å². The van der Waals surface area contributed by atoms with Gasteiger partial charge in [0, 0.05) is 12.1 Å². The van der Waals surface area contributed by atoms with Crippen molar-refractivity contribution < 1.29 is 4.79 Å². The highest BCUT2D eigenvalue weighted by molar-refractivity contribution is 6.42. The van der Waals surface area contributed by atoms with E-state index in [4.69, 9.17) is 23.2 Å². The second kappa shape index (κ2) is 4.49. The lowest BCUT2D eigenvalue weighted by Crippen LogP contribution is -2.09. The normalized spacial score (nSPS) is 9.77. The topological polar surface area (TPSA) is 29.1 Å². The Morgan fingerprint density at radius 1 is 1.38 bits per heavy atom. The van der Waals surface area contributed by atoms with E-state index in [2.05, 4.69) is 12.2 Å². The minimum atomic E-state index is -0.154.